The summed E-state index contributed by atoms with van der Waals surface area (Å²) in [7, 11) is 0. The van der Waals surface area contributed by atoms with E-state index in [1.54, 1.807) is 0 Å². The predicted molar refractivity (Wildman–Crippen MR) is 69.0 cm³/mol. The maximum atomic E-state index is 8.81. The molecule has 3 nitrogen and oxygen atoms in total. The Morgan fingerprint density at radius 2 is 2.17 bits per heavy atom. The van der Waals surface area contributed by atoms with Crippen LogP contribution in [0.4, 0.5) is 0 Å². The van der Waals surface area contributed by atoms with E-state index < -0.39 is 0 Å². The molecule has 1 spiro atoms. The van der Waals surface area contributed by atoms with E-state index in [0.717, 1.165) is 31.7 Å². The van der Waals surface area contributed by atoms with Crippen LogP contribution in [0, 0.1) is 16.7 Å². The highest BCUT2D eigenvalue weighted by atomic mass is 16.5. The molecule has 0 amide bonds. The number of benzene rings is 1. The van der Waals surface area contributed by atoms with Gasteiger partial charge >= 0.3 is 0 Å². The first-order chi connectivity index (χ1) is 8.81. The first-order valence-corrected chi connectivity index (χ1v) is 6.63. The standard InChI is InChI=1S/C15H18N2O/c16-9-12-2-4-13(5-3-12)14-8-15(10-17-14)6-1-7-18-11-15/h2-5,14,17H,1,6-8,10-11H2. The fourth-order valence-corrected chi connectivity index (χ4v) is 3.15. The maximum absolute atomic E-state index is 8.81. The molecule has 0 saturated carbocycles. The molecule has 2 aliphatic heterocycles. The zero-order valence-corrected chi connectivity index (χ0v) is 10.5. The van der Waals surface area contributed by atoms with Crippen molar-refractivity contribution in [2.24, 2.45) is 5.41 Å². The molecule has 1 aromatic rings. The average molecular weight is 242 g/mol. The molecule has 3 heteroatoms. The van der Waals surface area contributed by atoms with Gasteiger partial charge in [0, 0.05) is 24.6 Å². The van der Waals surface area contributed by atoms with Gasteiger partial charge in [-0.05, 0) is 37.0 Å². The van der Waals surface area contributed by atoms with Crippen molar-refractivity contribution in [2.75, 3.05) is 19.8 Å². The molecule has 0 aliphatic carbocycles. The molecule has 2 saturated heterocycles. The highest BCUT2D eigenvalue weighted by Crippen LogP contribution is 2.41. The van der Waals surface area contributed by atoms with Crippen LogP contribution >= 0.6 is 0 Å². The number of ether oxygens (including phenoxy) is 1. The molecular formula is C15H18N2O. The molecule has 94 valence electrons. The predicted octanol–water partition coefficient (Wildman–Crippen LogP) is 2.39. The SMILES string of the molecule is N#Cc1ccc(C2CC3(CCCOC3)CN2)cc1. The number of nitrogens with zero attached hydrogens (tertiary/aromatic N) is 1. The molecule has 0 aromatic heterocycles. The Labute approximate surface area is 108 Å². The molecule has 1 N–H and O–H groups in total. The topological polar surface area (TPSA) is 45.0 Å². The van der Waals surface area contributed by atoms with E-state index in [-0.39, 0.29) is 0 Å². The molecule has 2 aliphatic rings. The summed E-state index contributed by atoms with van der Waals surface area (Å²) in [6.45, 7) is 2.87. The van der Waals surface area contributed by atoms with Crippen LogP contribution in [0.15, 0.2) is 24.3 Å². The van der Waals surface area contributed by atoms with E-state index in [2.05, 4.69) is 23.5 Å². The molecule has 2 atom stereocenters. The van der Waals surface area contributed by atoms with Crippen molar-refractivity contribution in [3.63, 3.8) is 0 Å². The van der Waals surface area contributed by atoms with Gasteiger partial charge in [-0.1, -0.05) is 12.1 Å². The van der Waals surface area contributed by atoms with Gasteiger partial charge in [-0.15, -0.1) is 0 Å². The normalized spacial score (nSPS) is 31.4. The molecular weight excluding hydrogens is 224 g/mol. The minimum Gasteiger partial charge on any atom is -0.381 e. The number of hydrogen-bond acceptors (Lipinski definition) is 3. The second-order valence-electron chi connectivity index (χ2n) is 5.53. The largest absolute Gasteiger partial charge is 0.381 e. The quantitative estimate of drug-likeness (QED) is 0.822. The van der Waals surface area contributed by atoms with Crippen LogP contribution in [0.5, 0.6) is 0 Å². The zero-order valence-electron chi connectivity index (χ0n) is 10.5. The zero-order chi connectivity index (χ0) is 12.4. The smallest absolute Gasteiger partial charge is 0.0991 e. The lowest BCUT2D eigenvalue weighted by atomic mass is 9.79. The van der Waals surface area contributed by atoms with Gasteiger partial charge in [-0.3, -0.25) is 0 Å². The van der Waals surface area contributed by atoms with Gasteiger partial charge < -0.3 is 10.1 Å². The molecule has 1 aromatic carbocycles. The van der Waals surface area contributed by atoms with Crippen LogP contribution in [0.2, 0.25) is 0 Å². The Balaban J connectivity index is 1.72. The van der Waals surface area contributed by atoms with E-state index >= 15 is 0 Å². The van der Waals surface area contributed by atoms with Gasteiger partial charge in [-0.2, -0.15) is 5.26 Å². The maximum Gasteiger partial charge on any atom is 0.0991 e. The summed E-state index contributed by atoms with van der Waals surface area (Å²) < 4.78 is 5.64. The molecule has 2 fully saturated rings. The minimum atomic E-state index is 0.344. The molecule has 2 unspecified atom stereocenters. The molecule has 3 rings (SSSR count). The Kier molecular flexibility index (Phi) is 3.07. The minimum absolute atomic E-state index is 0.344. The van der Waals surface area contributed by atoms with Gasteiger partial charge in [0.1, 0.15) is 0 Å². The summed E-state index contributed by atoms with van der Waals surface area (Å²) in [6, 6.07) is 10.5. The lowest BCUT2D eigenvalue weighted by Gasteiger charge is -2.32. The van der Waals surface area contributed by atoms with Crippen LogP contribution in [0.25, 0.3) is 0 Å². The van der Waals surface area contributed by atoms with Crippen molar-refractivity contribution >= 4 is 0 Å². The second kappa shape index (κ2) is 4.72. The Bertz CT molecular complexity index is 454. The van der Waals surface area contributed by atoms with Crippen LogP contribution < -0.4 is 5.32 Å². The summed E-state index contributed by atoms with van der Waals surface area (Å²) in [5, 5.41) is 12.4. The first-order valence-electron chi connectivity index (χ1n) is 6.63. The van der Waals surface area contributed by atoms with Crippen LogP contribution in [-0.2, 0) is 4.74 Å². The molecule has 18 heavy (non-hydrogen) atoms. The third kappa shape index (κ3) is 2.14. The highest BCUT2D eigenvalue weighted by molar-refractivity contribution is 5.33. The van der Waals surface area contributed by atoms with E-state index in [1.807, 2.05) is 12.1 Å². The third-order valence-electron chi connectivity index (χ3n) is 4.21. The fraction of sp³-hybridized carbons (Fsp3) is 0.533. The lowest BCUT2D eigenvalue weighted by molar-refractivity contribution is 0.00212. The Morgan fingerprint density at radius 3 is 2.83 bits per heavy atom. The Morgan fingerprint density at radius 1 is 1.33 bits per heavy atom. The lowest BCUT2D eigenvalue weighted by Crippen LogP contribution is -2.33. The summed E-state index contributed by atoms with van der Waals surface area (Å²) in [6.07, 6.45) is 3.60. The van der Waals surface area contributed by atoms with Crippen molar-refractivity contribution < 1.29 is 4.74 Å². The van der Waals surface area contributed by atoms with Crippen molar-refractivity contribution in [1.29, 1.82) is 5.26 Å². The second-order valence-corrected chi connectivity index (χ2v) is 5.53. The summed E-state index contributed by atoms with van der Waals surface area (Å²) in [5.41, 5.74) is 2.36. The van der Waals surface area contributed by atoms with Gasteiger partial charge in [0.25, 0.3) is 0 Å². The van der Waals surface area contributed by atoms with Gasteiger partial charge in [0.15, 0.2) is 0 Å². The number of nitrogens with one attached hydrogen (secondary N) is 1. The summed E-state index contributed by atoms with van der Waals surface area (Å²) in [5.74, 6) is 0. The average Bonchev–Trinajstić information content (AvgIpc) is 2.83. The van der Waals surface area contributed by atoms with Gasteiger partial charge in [0.2, 0.25) is 0 Å². The number of nitriles is 1. The van der Waals surface area contributed by atoms with E-state index in [0.29, 0.717) is 11.5 Å². The molecule has 0 bridgehead atoms. The first kappa shape index (κ1) is 11.7. The number of rotatable bonds is 1. The van der Waals surface area contributed by atoms with Crippen molar-refractivity contribution in [1.82, 2.24) is 5.32 Å². The van der Waals surface area contributed by atoms with Crippen molar-refractivity contribution in [3.8, 4) is 6.07 Å². The van der Waals surface area contributed by atoms with Gasteiger partial charge in [0.05, 0.1) is 18.2 Å². The van der Waals surface area contributed by atoms with Crippen LogP contribution in [0.3, 0.4) is 0 Å². The highest BCUT2D eigenvalue weighted by Gasteiger charge is 2.40. The van der Waals surface area contributed by atoms with E-state index in [9.17, 15) is 0 Å². The van der Waals surface area contributed by atoms with Gasteiger partial charge in [-0.25, -0.2) is 0 Å². The van der Waals surface area contributed by atoms with Crippen LogP contribution in [0.1, 0.15) is 36.4 Å². The van der Waals surface area contributed by atoms with E-state index in [1.165, 1.54) is 18.4 Å². The third-order valence-corrected chi connectivity index (χ3v) is 4.21. The number of hydrogen-bond donors (Lipinski definition) is 1. The van der Waals surface area contributed by atoms with Crippen molar-refractivity contribution in [2.45, 2.75) is 25.3 Å². The fourth-order valence-electron chi connectivity index (χ4n) is 3.15. The monoisotopic (exact) mass is 242 g/mol. The van der Waals surface area contributed by atoms with E-state index in [4.69, 9.17) is 10.00 Å². The summed E-state index contributed by atoms with van der Waals surface area (Å²) >= 11 is 0. The van der Waals surface area contributed by atoms with Crippen molar-refractivity contribution in [3.05, 3.63) is 35.4 Å². The Hall–Kier alpha value is -1.37. The molecule has 2 heterocycles. The van der Waals surface area contributed by atoms with Crippen LogP contribution in [-0.4, -0.2) is 19.8 Å². The molecule has 0 radical (unpaired) electrons. The summed E-state index contributed by atoms with van der Waals surface area (Å²) in [4.78, 5) is 0.